The lowest BCUT2D eigenvalue weighted by Crippen LogP contribution is -2.36. The van der Waals surface area contributed by atoms with Crippen LogP contribution in [0.4, 0.5) is 16.8 Å². The largest absolute Gasteiger partial charge is 0.478 e. The van der Waals surface area contributed by atoms with Crippen molar-refractivity contribution >= 4 is 60.4 Å². The van der Waals surface area contributed by atoms with Crippen LogP contribution in [0.25, 0.3) is 27.7 Å². The zero-order valence-corrected chi connectivity index (χ0v) is 20.9. The van der Waals surface area contributed by atoms with E-state index in [-0.39, 0.29) is 10.8 Å². The number of hydrogen-bond donors (Lipinski definition) is 3. The Morgan fingerprint density at radius 3 is 2.51 bits per heavy atom. The van der Waals surface area contributed by atoms with E-state index < -0.39 is 16.0 Å². The fourth-order valence-corrected chi connectivity index (χ4v) is 5.95. The molecule has 1 aromatic carbocycles. The molecule has 0 amide bonds. The second-order valence-electron chi connectivity index (χ2n) is 7.97. The van der Waals surface area contributed by atoms with Crippen LogP contribution >= 0.6 is 11.3 Å². The molecule has 12 nitrogen and oxygen atoms in total. The summed E-state index contributed by atoms with van der Waals surface area (Å²) >= 11 is 1.23. The quantitative estimate of drug-likeness (QED) is 0.294. The predicted octanol–water partition coefficient (Wildman–Crippen LogP) is 2.47. The van der Waals surface area contributed by atoms with Crippen molar-refractivity contribution in [2.24, 2.45) is 0 Å². The topological polar surface area (TPSA) is 174 Å². The summed E-state index contributed by atoms with van der Waals surface area (Å²) < 4.78 is 34.9. The maximum absolute atomic E-state index is 13.1. The van der Waals surface area contributed by atoms with E-state index in [2.05, 4.69) is 24.6 Å². The van der Waals surface area contributed by atoms with Gasteiger partial charge in [0.1, 0.15) is 5.00 Å². The van der Waals surface area contributed by atoms with Crippen molar-refractivity contribution in [2.75, 3.05) is 41.7 Å². The number of anilines is 3. The summed E-state index contributed by atoms with van der Waals surface area (Å²) in [5.74, 6) is 0.113. The van der Waals surface area contributed by atoms with E-state index >= 15 is 0 Å². The predicted molar refractivity (Wildman–Crippen MR) is 140 cm³/mol. The van der Waals surface area contributed by atoms with Gasteiger partial charge in [-0.05, 0) is 29.8 Å². The third-order valence-corrected chi connectivity index (χ3v) is 7.98. The van der Waals surface area contributed by atoms with E-state index in [4.69, 9.17) is 20.6 Å². The second-order valence-corrected chi connectivity index (χ2v) is 10.7. The summed E-state index contributed by atoms with van der Waals surface area (Å²) in [7, 11) is -3.91. The first-order chi connectivity index (χ1) is 17.8. The summed E-state index contributed by atoms with van der Waals surface area (Å²) in [6, 6.07) is 7.54. The number of sulfonamides is 1. The van der Waals surface area contributed by atoms with Gasteiger partial charge in [0.15, 0.2) is 11.6 Å². The number of nitrogens with one attached hydrogen (secondary N) is 1. The van der Waals surface area contributed by atoms with Crippen LogP contribution in [-0.4, -0.2) is 65.7 Å². The van der Waals surface area contributed by atoms with Crippen LogP contribution in [0.1, 0.15) is 5.56 Å². The molecule has 1 aliphatic rings. The van der Waals surface area contributed by atoms with E-state index in [9.17, 15) is 13.2 Å². The van der Waals surface area contributed by atoms with Gasteiger partial charge in [0.2, 0.25) is 5.95 Å². The molecule has 3 aromatic heterocycles. The number of thiophene rings is 1. The molecular formula is C23H21N7O5S2. The number of carbonyl (C=O) groups is 1. The van der Waals surface area contributed by atoms with Crippen LogP contribution in [0.3, 0.4) is 0 Å². The maximum atomic E-state index is 13.1. The molecule has 0 aliphatic carbocycles. The lowest BCUT2D eigenvalue weighted by Gasteiger charge is -2.28. The summed E-state index contributed by atoms with van der Waals surface area (Å²) in [6.45, 7) is 2.36. The summed E-state index contributed by atoms with van der Waals surface area (Å²) in [4.78, 5) is 30.2. The molecular weight excluding hydrogens is 518 g/mol. The summed E-state index contributed by atoms with van der Waals surface area (Å²) in [5.41, 5.74) is 7.32. The van der Waals surface area contributed by atoms with E-state index in [0.717, 1.165) is 10.8 Å². The third kappa shape index (κ3) is 5.50. The Hall–Kier alpha value is -4.14. The number of nitrogen functional groups attached to an aromatic ring is 1. The van der Waals surface area contributed by atoms with Crippen molar-refractivity contribution < 1.29 is 23.1 Å². The lowest BCUT2D eigenvalue weighted by atomic mass is 10.2. The number of rotatable bonds is 7. The molecule has 0 spiro atoms. The minimum absolute atomic E-state index is 0.0385. The lowest BCUT2D eigenvalue weighted by molar-refractivity contribution is -0.131. The van der Waals surface area contributed by atoms with Gasteiger partial charge in [0.05, 0.1) is 33.9 Å². The Morgan fingerprint density at radius 1 is 1.14 bits per heavy atom. The van der Waals surface area contributed by atoms with Crippen molar-refractivity contribution in [1.29, 1.82) is 0 Å². The minimum Gasteiger partial charge on any atom is -0.478 e. The number of nitrogens with two attached hydrogens (primary N) is 1. The number of benzene rings is 1. The van der Waals surface area contributed by atoms with Crippen LogP contribution in [0.15, 0.2) is 53.7 Å². The number of hydrogen-bond acceptors (Lipinski definition) is 11. The monoisotopic (exact) mass is 539 g/mol. The fraction of sp³-hybridized carbons (Fsp3) is 0.174. The number of morpholine rings is 1. The van der Waals surface area contributed by atoms with Gasteiger partial charge in [-0.1, -0.05) is 12.1 Å². The molecule has 1 fully saturated rings. The Morgan fingerprint density at radius 2 is 1.84 bits per heavy atom. The third-order valence-electron chi connectivity index (χ3n) is 5.44. The van der Waals surface area contributed by atoms with Gasteiger partial charge in [0, 0.05) is 31.6 Å². The number of aliphatic carboxylic acids is 1. The molecule has 0 radical (unpaired) electrons. The van der Waals surface area contributed by atoms with Gasteiger partial charge < -0.3 is 20.5 Å². The van der Waals surface area contributed by atoms with Gasteiger partial charge >= 0.3 is 5.97 Å². The van der Waals surface area contributed by atoms with Gasteiger partial charge in [-0.2, -0.15) is 0 Å². The number of fused-ring (bicyclic) bond motifs is 1. The first kappa shape index (κ1) is 24.5. The van der Waals surface area contributed by atoms with Crippen molar-refractivity contribution in [1.82, 2.24) is 19.9 Å². The van der Waals surface area contributed by atoms with Crippen LogP contribution in [0, 0.1) is 0 Å². The molecule has 4 N–H and O–H groups in total. The van der Waals surface area contributed by atoms with Crippen LogP contribution < -0.4 is 15.4 Å². The summed E-state index contributed by atoms with van der Waals surface area (Å²) in [6.07, 6.45) is 5.44. The van der Waals surface area contributed by atoms with Gasteiger partial charge in [-0.15, -0.1) is 11.3 Å². The van der Waals surface area contributed by atoms with Crippen LogP contribution in [0.2, 0.25) is 0 Å². The fourth-order valence-electron chi connectivity index (χ4n) is 3.65. The highest BCUT2D eigenvalue weighted by molar-refractivity contribution is 7.93. The van der Waals surface area contributed by atoms with E-state index in [0.29, 0.717) is 59.6 Å². The van der Waals surface area contributed by atoms with Crippen molar-refractivity contribution in [3.63, 3.8) is 0 Å². The molecule has 5 rings (SSSR count). The molecule has 0 unspecified atom stereocenters. The van der Waals surface area contributed by atoms with Crippen molar-refractivity contribution in [2.45, 2.75) is 4.90 Å². The molecule has 37 heavy (non-hydrogen) atoms. The standard InChI is InChI=1S/C23H21N7O5S2/c24-23-25-12-15(13-26-23)21-27-17-11-18(36-20(17)22(28-21)30-7-9-35-10-8-30)29-37(33,34)16-4-1-14(2-5-16)3-6-19(31)32/h1-6,11-13,29H,7-10H2,(H,31,32)(H2,24,25,26)/b6-3+. The number of ether oxygens (including phenoxy) is 1. The normalized spacial score (nSPS) is 14.3. The van der Waals surface area contributed by atoms with Gasteiger partial charge in [0.25, 0.3) is 10.0 Å². The number of carboxylic acid groups (broad SMARTS) is 1. The molecule has 0 bridgehead atoms. The average molecular weight is 540 g/mol. The van der Waals surface area contributed by atoms with Gasteiger partial charge in [-0.3, -0.25) is 4.72 Å². The van der Waals surface area contributed by atoms with Crippen LogP contribution in [-0.2, 0) is 19.6 Å². The Bertz CT molecular complexity index is 1580. The molecule has 4 heterocycles. The SMILES string of the molecule is Nc1ncc(-c2nc(N3CCOCC3)c3sc(NS(=O)(=O)c4ccc(/C=C/C(=O)O)cc4)cc3n2)cn1. The van der Waals surface area contributed by atoms with Crippen molar-refractivity contribution in [3.05, 3.63) is 54.4 Å². The number of nitrogens with zero attached hydrogens (tertiary/aromatic N) is 5. The zero-order valence-electron chi connectivity index (χ0n) is 19.2. The van der Waals surface area contributed by atoms with Gasteiger partial charge in [-0.25, -0.2) is 33.1 Å². The molecule has 0 saturated carbocycles. The molecule has 1 saturated heterocycles. The average Bonchev–Trinajstić information content (AvgIpc) is 3.29. The molecule has 14 heteroatoms. The highest BCUT2D eigenvalue weighted by atomic mass is 32.2. The molecule has 4 aromatic rings. The van der Waals surface area contributed by atoms with Crippen LogP contribution in [0.5, 0.6) is 0 Å². The Labute approximate surface area is 215 Å². The molecule has 0 atom stereocenters. The van der Waals surface area contributed by atoms with E-state index in [1.165, 1.54) is 54.1 Å². The highest BCUT2D eigenvalue weighted by Gasteiger charge is 2.22. The Kier molecular flexibility index (Phi) is 6.69. The highest BCUT2D eigenvalue weighted by Crippen LogP contribution is 2.37. The number of carboxylic acids is 1. The second kappa shape index (κ2) is 10.1. The first-order valence-electron chi connectivity index (χ1n) is 11.0. The first-order valence-corrected chi connectivity index (χ1v) is 13.3. The zero-order chi connectivity index (χ0) is 26.0. The smallest absolute Gasteiger partial charge is 0.328 e. The maximum Gasteiger partial charge on any atom is 0.328 e. The summed E-state index contributed by atoms with van der Waals surface area (Å²) in [5, 5.41) is 9.13. The Balaban J connectivity index is 1.49. The van der Waals surface area contributed by atoms with E-state index in [1.54, 1.807) is 6.07 Å². The number of aromatic nitrogens is 4. The van der Waals surface area contributed by atoms with Crippen molar-refractivity contribution in [3.8, 4) is 11.4 Å². The minimum atomic E-state index is -3.91. The molecule has 190 valence electrons. The van der Waals surface area contributed by atoms with E-state index in [1.807, 2.05) is 0 Å². The molecule has 1 aliphatic heterocycles.